The Morgan fingerprint density at radius 1 is 1.00 bits per heavy atom. The van der Waals surface area contributed by atoms with Gasteiger partial charge in [0, 0.05) is 32.0 Å². The molecule has 0 saturated heterocycles. The molecule has 138 valence electrons. The van der Waals surface area contributed by atoms with E-state index in [1.165, 1.54) is 0 Å². The highest BCUT2D eigenvalue weighted by molar-refractivity contribution is 6.03. The molecule has 0 aliphatic heterocycles. The van der Waals surface area contributed by atoms with Crippen molar-refractivity contribution in [2.24, 2.45) is 0 Å². The Morgan fingerprint density at radius 2 is 1.69 bits per heavy atom. The molecule has 0 aromatic heterocycles. The number of nitrogens with one attached hydrogen (secondary N) is 2. The molecule has 0 aliphatic rings. The fraction of sp³-hybridized carbons (Fsp3) is 0.300. The van der Waals surface area contributed by atoms with Crippen molar-refractivity contribution in [1.82, 2.24) is 5.32 Å². The molecular weight excluding hydrogens is 330 g/mol. The van der Waals surface area contributed by atoms with E-state index in [0.29, 0.717) is 18.7 Å². The van der Waals surface area contributed by atoms with Gasteiger partial charge >= 0.3 is 0 Å². The van der Waals surface area contributed by atoms with Crippen LogP contribution in [-0.2, 0) is 16.0 Å². The van der Waals surface area contributed by atoms with Gasteiger partial charge < -0.3 is 20.3 Å². The van der Waals surface area contributed by atoms with E-state index < -0.39 is 0 Å². The highest BCUT2D eigenvalue weighted by Crippen LogP contribution is 2.17. The van der Waals surface area contributed by atoms with Gasteiger partial charge in [0.05, 0.1) is 7.11 Å². The normalized spacial score (nSPS) is 10.1. The van der Waals surface area contributed by atoms with Crippen LogP contribution >= 0.6 is 0 Å². The zero-order chi connectivity index (χ0) is 18.9. The van der Waals surface area contributed by atoms with E-state index in [1.54, 1.807) is 7.11 Å². The molecule has 0 bridgehead atoms. The zero-order valence-electron chi connectivity index (χ0n) is 15.4. The molecule has 0 radical (unpaired) electrons. The summed E-state index contributed by atoms with van der Waals surface area (Å²) in [7, 11) is 5.51. The SMILES string of the molecule is COc1ccccc1CCNC(=O)CC(=O)Nc1ccc(N(C)C)cc1. The van der Waals surface area contributed by atoms with Crippen LogP contribution in [0.2, 0.25) is 0 Å². The number of hydrogen-bond donors (Lipinski definition) is 2. The Bertz CT molecular complexity index is 742. The second-order valence-corrected chi connectivity index (χ2v) is 6.08. The first-order valence-corrected chi connectivity index (χ1v) is 8.45. The molecule has 0 fully saturated rings. The lowest BCUT2D eigenvalue weighted by atomic mass is 10.1. The molecule has 6 heteroatoms. The van der Waals surface area contributed by atoms with Crippen LogP contribution in [0.15, 0.2) is 48.5 Å². The maximum absolute atomic E-state index is 12.0. The van der Waals surface area contributed by atoms with Gasteiger partial charge in [0.25, 0.3) is 0 Å². The fourth-order valence-electron chi connectivity index (χ4n) is 2.50. The van der Waals surface area contributed by atoms with Gasteiger partial charge in [-0.1, -0.05) is 18.2 Å². The monoisotopic (exact) mass is 355 g/mol. The summed E-state index contributed by atoms with van der Waals surface area (Å²) in [5.74, 6) is 0.153. The summed E-state index contributed by atoms with van der Waals surface area (Å²) < 4.78 is 5.28. The number of nitrogens with zero attached hydrogens (tertiary/aromatic N) is 1. The summed E-state index contributed by atoms with van der Waals surface area (Å²) in [6.07, 6.45) is 0.435. The molecule has 0 saturated carbocycles. The largest absolute Gasteiger partial charge is 0.496 e. The van der Waals surface area contributed by atoms with Crippen LogP contribution in [0.3, 0.4) is 0 Å². The number of rotatable bonds is 8. The highest BCUT2D eigenvalue weighted by atomic mass is 16.5. The quantitative estimate of drug-likeness (QED) is 0.714. The fourth-order valence-corrected chi connectivity index (χ4v) is 2.50. The molecule has 0 atom stereocenters. The van der Waals surface area contributed by atoms with E-state index in [-0.39, 0.29) is 18.2 Å². The van der Waals surface area contributed by atoms with E-state index in [9.17, 15) is 9.59 Å². The maximum atomic E-state index is 12.0. The molecule has 2 amide bonds. The molecule has 2 aromatic carbocycles. The number of carbonyl (C=O) groups excluding carboxylic acids is 2. The van der Waals surface area contributed by atoms with Crippen LogP contribution in [0.4, 0.5) is 11.4 Å². The smallest absolute Gasteiger partial charge is 0.233 e. The van der Waals surface area contributed by atoms with Gasteiger partial charge in [-0.2, -0.15) is 0 Å². The molecule has 0 aliphatic carbocycles. The summed E-state index contributed by atoms with van der Waals surface area (Å²) in [4.78, 5) is 25.9. The summed E-state index contributed by atoms with van der Waals surface area (Å²) >= 11 is 0. The van der Waals surface area contributed by atoms with Gasteiger partial charge in [-0.3, -0.25) is 9.59 Å². The molecule has 2 rings (SSSR count). The predicted molar refractivity (Wildman–Crippen MR) is 104 cm³/mol. The summed E-state index contributed by atoms with van der Waals surface area (Å²) in [5.41, 5.74) is 2.72. The van der Waals surface area contributed by atoms with Gasteiger partial charge in [-0.15, -0.1) is 0 Å². The van der Waals surface area contributed by atoms with Crippen molar-refractivity contribution in [3.63, 3.8) is 0 Å². The maximum Gasteiger partial charge on any atom is 0.233 e. The molecule has 0 unspecified atom stereocenters. The van der Waals surface area contributed by atoms with E-state index in [2.05, 4.69) is 10.6 Å². The van der Waals surface area contributed by atoms with Crippen molar-refractivity contribution in [1.29, 1.82) is 0 Å². The third-order valence-electron chi connectivity index (χ3n) is 3.90. The number of amides is 2. The van der Waals surface area contributed by atoms with Gasteiger partial charge in [0.1, 0.15) is 12.2 Å². The second-order valence-electron chi connectivity index (χ2n) is 6.08. The standard InChI is InChI=1S/C20H25N3O3/c1-23(2)17-10-8-16(9-11-17)22-20(25)14-19(24)21-13-12-15-6-4-5-7-18(15)26-3/h4-11H,12-14H2,1-3H3,(H,21,24)(H,22,25). The topological polar surface area (TPSA) is 70.7 Å². The van der Waals surface area contributed by atoms with Crippen molar-refractivity contribution in [2.45, 2.75) is 12.8 Å². The van der Waals surface area contributed by atoms with E-state index in [4.69, 9.17) is 4.74 Å². The molecule has 2 aromatic rings. The number of benzene rings is 2. The number of hydrogen-bond acceptors (Lipinski definition) is 4. The van der Waals surface area contributed by atoms with Crippen LogP contribution in [0.5, 0.6) is 5.75 Å². The van der Waals surface area contributed by atoms with Gasteiger partial charge in [-0.25, -0.2) is 0 Å². The number of ether oxygens (including phenoxy) is 1. The Morgan fingerprint density at radius 3 is 2.35 bits per heavy atom. The molecular formula is C20H25N3O3. The molecule has 2 N–H and O–H groups in total. The van der Waals surface area contributed by atoms with E-state index in [1.807, 2.05) is 67.5 Å². The van der Waals surface area contributed by atoms with Crippen molar-refractivity contribution in [3.05, 3.63) is 54.1 Å². The molecule has 0 spiro atoms. The molecule has 26 heavy (non-hydrogen) atoms. The number of carbonyl (C=O) groups is 2. The minimum atomic E-state index is -0.336. The number of para-hydroxylation sites is 1. The van der Waals surface area contributed by atoms with E-state index >= 15 is 0 Å². The lowest BCUT2D eigenvalue weighted by Gasteiger charge is -2.13. The third-order valence-corrected chi connectivity index (χ3v) is 3.90. The number of anilines is 2. The van der Waals surface area contributed by atoms with Crippen LogP contribution in [-0.4, -0.2) is 39.6 Å². The van der Waals surface area contributed by atoms with E-state index in [0.717, 1.165) is 17.0 Å². The van der Waals surface area contributed by atoms with Gasteiger partial charge in [0.2, 0.25) is 11.8 Å². The minimum absolute atomic E-state index is 0.207. The van der Waals surface area contributed by atoms with Crippen molar-refractivity contribution in [2.75, 3.05) is 38.0 Å². The third kappa shape index (κ3) is 5.81. The lowest BCUT2D eigenvalue weighted by molar-refractivity contribution is -0.126. The van der Waals surface area contributed by atoms with Crippen molar-refractivity contribution >= 4 is 23.2 Å². The molecule has 6 nitrogen and oxygen atoms in total. The van der Waals surface area contributed by atoms with Crippen LogP contribution in [0.1, 0.15) is 12.0 Å². The first-order chi connectivity index (χ1) is 12.5. The Hall–Kier alpha value is -3.02. The van der Waals surface area contributed by atoms with Crippen molar-refractivity contribution in [3.8, 4) is 5.75 Å². The van der Waals surface area contributed by atoms with Crippen LogP contribution in [0.25, 0.3) is 0 Å². The summed E-state index contributed by atoms with van der Waals surface area (Å²) in [5, 5.41) is 5.49. The van der Waals surface area contributed by atoms with Crippen LogP contribution in [0, 0.1) is 0 Å². The predicted octanol–water partition coefficient (Wildman–Crippen LogP) is 2.45. The first-order valence-electron chi connectivity index (χ1n) is 8.45. The summed E-state index contributed by atoms with van der Waals surface area (Å²) in [6, 6.07) is 15.1. The lowest BCUT2D eigenvalue weighted by Crippen LogP contribution is -2.29. The average Bonchev–Trinajstić information content (AvgIpc) is 2.62. The zero-order valence-corrected chi connectivity index (χ0v) is 15.4. The highest BCUT2D eigenvalue weighted by Gasteiger charge is 2.10. The second kappa shape index (κ2) is 9.46. The van der Waals surface area contributed by atoms with Gasteiger partial charge in [0.15, 0.2) is 0 Å². The Labute approximate surface area is 154 Å². The molecule has 0 heterocycles. The first kappa shape index (κ1) is 19.3. The summed E-state index contributed by atoms with van der Waals surface area (Å²) in [6.45, 7) is 0.448. The van der Waals surface area contributed by atoms with Crippen LogP contribution < -0.4 is 20.3 Å². The Balaban J connectivity index is 1.75. The minimum Gasteiger partial charge on any atom is -0.496 e. The van der Waals surface area contributed by atoms with Gasteiger partial charge in [-0.05, 0) is 42.3 Å². The van der Waals surface area contributed by atoms with Crippen molar-refractivity contribution < 1.29 is 14.3 Å². The number of methoxy groups -OCH3 is 1. The Kier molecular flexibility index (Phi) is 7.02. The average molecular weight is 355 g/mol.